The van der Waals surface area contributed by atoms with Crippen molar-refractivity contribution in [1.29, 1.82) is 0 Å². The summed E-state index contributed by atoms with van der Waals surface area (Å²) in [5.74, 6) is 0.523. The Balaban J connectivity index is 1.76. The van der Waals surface area contributed by atoms with Crippen molar-refractivity contribution in [3.05, 3.63) is 59.7 Å². The molecule has 3 amide bonds. The van der Waals surface area contributed by atoms with Gasteiger partial charge in [0.1, 0.15) is 12.4 Å². The number of nitrogens with one attached hydrogen (secondary N) is 1. The van der Waals surface area contributed by atoms with Gasteiger partial charge in [-0.1, -0.05) is 37.3 Å². The van der Waals surface area contributed by atoms with E-state index in [1.165, 1.54) is 5.56 Å². The first-order valence-corrected chi connectivity index (χ1v) is 11.8. The smallest absolute Gasteiger partial charge is 0.411 e. The molecule has 35 heavy (non-hydrogen) atoms. The molecular formula is C26H34N4O5. The summed E-state index contributed by atoms with van der Waals surface area (Å²) < 4.78 is 11.1. The third-order valence-electron chi connectivity index (χ3n) is 6.57. The van der Waals surface area contributed by atoms with Gasteiger partial charge in [-0.15, -0.1) is 0 Å². The minimum absolute atomic E-state index is 0.00950. The molecule has 9 heteroatoms. The summed E-state index contributed by atoms with van der Waals surface area (Å²) in [7, 11) is 1.58. The van der Waals surface area contributed by atoms with Crippen LogP contribution < -0.4 is 15.8 Å². The fourth-order valence-corrected chi connectivity index (χ4v) is 4.33. The molecule has 188 valence electrons. The van der Waals surface area contributed by atoms with E-state index in [0.29, 0.717) is 37.4 Å². The van der Waals surface area contributed by atoms with Gasteiger partial charge in [-0.3, -0.25) is 14.9 Å². The van der Waals surface area contributed by atoms with Crippen molar-refractivity contribution < 1.29 is 23.9 Å². The standard InChI is InChI=1S/C26H34N4O5/c1-3-20-8-10-22(11-9-20)28-25(33)35-18-26(12-14-29(15-13-26)24(32)16-27)30(19-31)17-21-6-4-5-7-23(21)34-2/h4-11,19H,3,12-18,27H2,1-2H3,(H,28,33). The number of carbonyl (C=O) groups is 3. The summed E-state index contributed by atoms with van der Waals surface area (Å²) in [6.07, 6.45) is 1.98. The number of hydrogen-bond donors (Lipinski definition) is 2. The number of nitrogens with two attached hydrogens (primary N) is 1. The van der Waals surface area contributed by atoms with Crippen molar-refractivity contribution in [2.24, 2.45) is 5.73 Å². The van der Waals surface area contributed by atoms with E-state index in [1.54, 1.807) is 16.9 Å². The minimum atomic E-state index is -0.780. The van der Waals surface area contributed by atoms with Gasteiger partial charge in [0.25, 0.3) is 0 Å². The van der Waals surface area contributed by atoms with Crippen molar-refractivity contribution in [2.45, 2.75) is 38.3 Å². The maximum absolute atomic E-state index is 12.6. The summed E-state index contributed by atoms with van der Waals surface area (Å²) in [5, 5.41) is 2.74. The molecule has 0 unspecified atom stereocenters. The van der Waals surface area contributed by atoms with Gasteiger partial charge in [-0.05, 0) is 43.0 Å². The Morgan fingerprint density at radius 3 is 2.43 bits per heavy atom. The largest absolute Gasteiger partial charge is 0.496 e. The van der Waals surface area contributed by atoms with Crippen LogP contribution in [0, 0.1) is 0 Å². The van der Waals surface area contributed by atoms with Crippen molar-refractivity contribution in [2.75, 3.05) is 38.7 Å². The van der Waals surface area contributed by atoms with Crippen molar-refractivity contribution in [3.63, 3.8) is 0 Å². The molecule has 0 spiro atoms. The van der Waals surface area contributed by atoms with Crippen LogP contribution in [0.4, 0.5) is 10.5 Å². The van der Waals surface area contributed by atoms with E-state index in [1.807, 2.05) is 48.5 Å². The zero-order chi connectivity index (χ0) is 25.3. The van der Waals surface area contributed by atoms with Crippen molar-refractivity contribution >= 4 is 24.1 Å². The first-order valence-electron chi connectivity index (χ1n) is 11.8. The second-order valence-electron chi connectivity index (χ2n) is 8.61. The number of likely N-dealkylation sites (tertiary alicyclic amines) is 1. The zero-order valence-corrected chi connectivity index (χ0v) is 20.4. The first kappa shape index (κ1) is 26.0. The molecule has 9 nitrogen and oxygen atoms in total. The lowest BCUT2D eigenvalue weighted by molar-refractivity contribution is -0.137. The highest BCUT2D eigenvalue weighted by molar-refractivity contribution is 5.84. The number of rotatable bonds is 10. The van der Waals surface area contributed by atoms with Gasteiger partial charge in [0.2, 0.25) is 12.3 Å². The van der Waals surface area contributed by atoms with Crippen LogP contribution in [0.1, 0.15) is 30.9 Å². The van der Waals surface area contributed by atoms with Gasteiger partial charge >= 0.3 is 6.09 Å². The highest BCUT2D eigenvalue weighted by Gasteiger charge is 2.42. The SMILES string of the molecule is CCc1ccc(NC(=O)OCC2(N(C=O)Cc3ccccc3OC)CCN(C(=O)CN)CC2)cc1. The van der Waals surface area contributed by atoms with Gasteiger partial charge in [0, 0.05) is 30.9 Å². The lowest BCUT2D eigenvalue weighted by Gasteiger charge is -2.46. The van der Waals surface area contributed by atoms with Crippen LogP contribution >= 0.6 is 0 Å². The van der Waals surface area contributed by atoms with E-state index in [0.717, 1.165) is 18.4 Å². The molecule has 0 radical (unpaired) electrons. The van der Waals surface area contributed by atoms with Crippen LogP contribution in [0.3, 0.4) is 0 Å². The number of amides is 3. The second-order valence-corrected chi connectivity index (χ2v) is 8.61. The van der Waals surface area contributed by atoms with E-state index in [4.69, 9.17) is 15.2 Å². The van der Waals surface area contributed by atoms with Crippen LogP contribution in [0.5, 0.6) is 5.75 Å². The van der Waals surface area contributed by atoms with Crippen LogP contribution in [0.2, 0.25) is 0 Å². The molecule has 0 aromatic heterocycles. The molecular weight excluding hydrogens is 448 g/mol. The zero-order valence-electron chi connectivity index (χ0n) is 20.4. The fraction of sp³-hybridized carbons (Fsp3) is 0.423. The monoisotopic (exact) mass is 482 g/mol. The summed E-state index contributed by atoms with van der Waals surface area (Å²) in [6.45, 7) is 3.09. The van der Waals surface area contributed by atoms with Crippen LogP contribution in [0.15, 0.2) is 48.5 Å². The summed E-state index contributed by atoms with van der Waals surface area (Å²) in [6, 6.07) is 15.0. The molecule has 2 aromatic carbocycles. The Morgan fingerprint density at radius 1 is 1.14 bits per heavy atom. The number of benzene rings is 2. The molecule has 0 atom stereocenters. The van der Waals surface area contributed by atoms with E-state index in [9.17, 15) is 14.4 Å². The average Bonchev–Trinajstić information content (AvgIpc) is 2.91. The number of piperidine rings is 1. The predicted molar refractivity (Wildman–Crippen MR) is 133 cm³/mol. The molecule has 0 saturated carbocycles. The number of carbonyl (C=O) groups excluding carboxylic acids is 3. The Labute approximate surface area is 206 Å². The lowest BCUT2D eigenvalue weighted by Crippen LogP contribution is -2.59. The molecule has 3 rings (SSSR count). The molecule has 0 aliphatic carbocycles. The van der Waals surface area contributed by atoms with E-state index >= 15 is 0 Å². The predicted octanol–water partition coefficient (Wildman–Crippen LogP) is 2.78. The Kier molecular flexibility index (Phi) is 9.08. The summed E-state index contributed by atoms with van der Waals surface area (Å²) in [5.41, 5.74) is 7.38. The highest BCUT2D eigenvalue weighted by Crippen LogP contribution is 2.32. The van der Waals surface area contributed by atoms with Gasteiger partial charge in [0.05, 0.1) is 19.2 Å². The third-order valence-corrected chi connectivity index (χ3v) is 6.57. The van der Waals surface area contributed by atoms with Crippen LogP contribution in [0.25, 0.3) is 0 Å². The lowest BCUT2D eigenvalue weighted by atomic mass is 9.86. The van der Waals surface area contributed by atoms with Crippen molar-refractivity contribution in [3.8, 4) is 5.75 Å². The number of hydrogen-bond acceptors (Lipinski definition) is 6. The Hall–Kier alpha value is -3.59. The fourth-order valence-electron chi connectivity index (χ4n) is 4.33. The van der Waals surface area contributed by atoms with Gasteiger partial charge in [-0.25, -0.2) is 4.79 Å². The number of methoxy groups -OCH3 is 1. The maximum Gasteiger partial charge on any atom is 0.411 e. The summed E-state index contributed by atoms with van der Waals surface area (Å²) in [4.78, 5) is 40.4. The van der Waals surface area contributed by atoms with Gasteiger partial charge in [0.15, 0.2) is 0 Å². The van der Waals surface area contributed by atoms with E-state index in [-0.39, 0.29) is 25.6 Å². The molecule has 1 heterocycles. The highest BCUT2D eigenvalue weighted by atomic mass is 16.5. The number of ether oxygens (including phenoxy) is 2. The molecule has 1 aliphatic heterocycles. The number of nitrogens with zero attached hydrogens (tertiary/aromatic N) is 2. The normalized spacial score (nSPS) is 14.7. The Morgan fingerprint density at radius 2 is 1.83 bits per heavy atom. The molecule has 2 aromatic rings. The molecule has 0 bridgehead atoms. The van der Waals surface area contributed by atoms with E-state index in [2.05, 4.69) is 12.2 Å². The molecule has 1 aliphatic rings. The average molecular weight is 483 g/mol. The topological polar surface area (TPSA) is 114 Å². The maximum atomic E-state index is 12.6. The number of para-hydroxylation sites is 1. The van der Waals surface area contributed by atoms with Crippen LogP contribution in [-0.4, -0.2) is 67.1 Å². The molecule has 1 saturated heterocycles. The summed E-state index contributed by atoms with van der Waals surface area (Å²) >= 11 is 0. The molecule has 1 fully saturated rings. The third kappa shape index (κ3) is 6.51. The quantitative estimate of drug-likeness (QED) is 0.504. The van der Waals surface area contributed by atoms with E-state index < -0.39 is 11.6 Å². The van der Waals surface area contributed by atoms with Gasteiger partial charge < -0.3 is 25.0 Å². The first-order chi connectivity index (χ1) is 16.9. The molecule has 3 N–H and O–H groups in total. The van der Waals surface area contributed by atoms with Crippen LogP contribution in [-0.2, 0) is 27.3 Å². The van der Waals surface area contributed by atoms with Gasteiger partial charge in [-0.2, -0.15) is 0 Å². The Bertz CT molecular complexity index is 1000. The minimum Gasteiger partial charge on any atom is -0.496 e. The number of aryl methyl sites for hydroxylation is 1. The number of anilines is 1. The second kappa shape index (κ2) is 12.2. The van der Waals surface area contributed by atoms with Crippen molar-refractivity contribution in [1.82, 2.24) is 9.80 Å².